The van der Waals surface area contributed by atoms with Gasteiger partial charge in [-0.1, -0.05) is 31.9 Å². The summed E-state index contributed by atoms with van der Waals surface area (Å²) in [5, 5.41) is 2.75. The molecule has 1 N–H and O–H groups in total. The van der Waals surface area contributed by atoms with E-state index in [2.05, 4.69) is 12.2 Å². The molecule has 1 aromatic carbocycles. The maximum Gasteiger partial charge on any atom is 0.220 e. The molecule has 0 radical (unpaired) electrons. The number of Topliss-reactive ketones (excluding diaryl/α,β-unsaturated/α-hetero) is 1. The number of nitrogens with one attached hydrogen (secondary N) is 1. The third kappa shape index (κ3) is 5.64. The summed E-state index contributed by atoms with van der Waals surface area (Å²) in [5.74, 6) is -1.02. The lowest BCUT2D eigenvalue weighted by Crippen LogP contribution is -2.24. The lowest BCUT2D eigenvalue weighted by Gasteiger charge is -2.05. The van der Waals surface area contributed by atoms with E-state index in [0.29, 0.717) is 6.54 Å². The van der Waals surface area contributed by atoms with Gasteiger partial charge in [-0.15, -0.1) is 0 Å². The first-order valence-electron chi connectivity index (χ1n) is 6.69. The van der Waals surface area contributed by atoms with Gasteiger partial charge in [-0.05, 0) is 18.6 Å². The fraction of sp³-hybridized carbons (Fsp3) is 0.467. The highest BCUT2D eigenvalue weighted by Gasteiger charge is 2.12. The summed E-state index contributed by atoms with van der Waals surface area (Å²) in [6.07, 6.45) is 3.28. The van der Waals surface area contributed by atoms with Gasteiger partial charge in [0.25, 0.3) is 0 Å². The molecule has 0 fully saturated rings. The Bertz CT molecular complexity index is 432. The Morgan fingerprint density at radius 2 is 1.89 bits per heavy atom. The largest absolute Gasteiger partial charge is 0.356 e. The lowest BCUT2D eigenvalue weighted by molar-refractivity contribution is -0.121. The molecule has 19 heavy (non-hydrogen) atoms. The Hall–Kier alpha value is -1.71. The number of ketones is 1. The fourth-order valence-corrected chi connectivity index (χ4v) is 1.74. The molecule has 0 aliphatic rings. The molecule has 4 heteroatoms. The molecule has 0 aromatic heterocycles. The molecule has 1 rings (SSSR count). The highest BCUT2D eigenvalue weighted by molar-refractivity contribution is 5.98. The summed E-state index contributed by atoms with van der Waals surface area (Å²) < 4.78 is 13.3. The van der Waals surface area contributed by atoms with Gasteiger partial charge < -0.3 is 5.32 Å². The highest BCUT2D eigenvalue weighted by Crippen LogP contribution is 2.10. The Morgan fingerprint density at radius 1 is 1.16 bits per heavy atom. The van der Waals surface area contributed by atoms with Crippen LogP contribution in [0.1, 0.15) is 49.4 Å². The molecule has 0 saturated heterocycles. The van der Waals surface area contributed by atoms with Crippen LogP contribution in [0.3, 0.4) is 0 Å². The normalized spacial score (nSPS) is 10.2. The van der Waals surface area contributed by atoms with Crippen molar-refractivity contribution in [2.45, 2.75) is 39.0 Å². The predicted octanol–water partition coefficient (Wildman–Crippen LogP) is 3.10. The molecule has 0 aliphatic heterocycles. The molecule has 3 nitrogen and oxygen atoms in total. The van der Waals surface area contributed by atoms with Gasteiger partial charge in [-0.2, -0.15) is 0 Å². The molecule has 0 heterocycles. The van der Waals surface area contributed by atoms with Crippen molar-refractivity contribution in [2.75, 3.05) is 6.54 Å². The summed E-state index contributed by atoms with van der Waals surface area (Å²) in [7, 11) is 0. The maximum atomic E-state index is 13.3. The van der Waals surface area contributed by atoms with Gasteiger partial charge >= 0.3 is 0 Å². The van der Waals surface area contributed by atoms with Crippen LogP contribution in [0.15, 0.2) is 24.3 Å². The van der Waals surface area contributed by atoms with Gasteiger partial charge in [0, 0.05) is 19.4 Å². The number of unbranched alkanes of at least 4 members (excludes halogenated alkanes) is 2. The van der Waals surface area contributed by atoms with Crippen molar-refractivity contribution in [3.8, 4) is 0 Å². The molecule has 0 unspecified atom stereocenters. The molecule has 104 valence electrons. The quantitative estimate of drug-likeness (QED) is 0.580. The van der Waals surface area contributed by atoms with Crippen LogP contribution in [0.5, 0.6) is 0 Å². The van der Waals surface area contributed by atoms with Crippen molar-refractivity contribution in [3.63, 3.8) is 0 Å². The summed E-state index contributed by atoms with van der Waals surface area (Å²) in [4.78, 5) is 23.2. The van der Waals surface area contributed by atoms with Crippen LogP contribution in [0.2, 0.25) is 0 Å². The number of hydrogen-bond donors (Lipinski definition) is 1. The lowest BCUT2D eigenvalue weighted by atomic mass is 10.1. The molecule has 1 aromatic rings. The van der Waals surface area contributed by atoms with Crippen molar-refractivity contribution in [2.24, 2.45) is 0 Å². The van der Waals surface area contributed by atoms with Crippen LogP contribution in [-0.4, -0.2) is 18.2 Å². The Balaban J connectivity index is 2.30. The second-order valence-electron chi connectivity index (χ2n) is 4.46. The Morgan fingerprint density at radius 3 is 2.58 bits per heavy atom. The maximum absolute atomic E-state index is 13.3. The Kier molecular flexibility index (Phi) is 6.79. The number of carbonyl (C=O) groups excluding carboxylic acids is 2. The number of amides is 1. The molecule has 0 atom stereocenters. The third-order valence-electron chi connectivity index (χ3n) is 2.86. The summed E-state index contributed by atoms with van der Waals surface area (Å²) in [6, 6.07) is 5.84. The molecule has 0 bridgehead atoms. The second kappa shape index (κ2) is 8.40. The van der Waals surface area contributed by atoms with E-state index in [4.69, 9.17) is 0 Å². The molecule has 0 aliphatic carbocycles. The monoisotopic (exact) mass is 265 g/mol. The number of benzene rings is 1. The molecular formula is C15H20FNO2. The number of halogens is 1. The first-order chi connectivity index (χ1) is 9.15. The van der Waals surface area contributed by atoms with Crippen LogP contribution in [-0.2, 0) is 4.79 Å². The zero-order valence-corrected chi connectivity index (χ0v) is 11.2. The average Bonchev–Trinajstić information content (AvgIpc) is 2.41. The van der Waals surface area contributed by atoms with Crippen LogP contribution in [0.25, 0.3) is 0 Å². The standard InChI is InChI=1S/C15H20FNO2/c1-2-3-6-11-17-15(19)10-9-14(18)12-7-4-5-8-13(12)16/h4-5,7-8H,2-3,6,9-11H2,1H3,(H,17,19). The Labute approximate surface area is 113 Å². The minimum Gasteiger partial charge on any atom is -0.356 e. The van der Waals surface area contributed by atoms with E-state index < -0.39 is 5.82 Å². The van der Waals surface area contributed by atoms with Gasteiger partial charge in [0.1, 0.15) is 5.82 Å². The van der Waals surface area contributed by atoms with E-state index in [9.17, 15) is 14.0 Å². The summed E-state index contributed by atoms with van der Waals surface area (Å²) >= 11 is 0. The zero-order valence-electron chi connectivity index (χ0n) is 11.2. The molecular weight excluding hydrogens is 245 g/mol. The fourth-order valence-electron chi connectivity index (χ4n) is 1.74. The predicted molar refractivity (Wildman–Crippen MR) is 72.5 cm³/mol. The van der Waals surface area contributed by atoms with Gasteiger partial charge in [0.15, 0.2) is 5.78 Å². The minimum absolute atomic E-state index is 0.0422. The van der Waals surface area contributed by atoms with Crippen LogP contribution in [0.4, 0.5) is 4.39 Å². The third-order valence-corrected chi connectivity index (χ3v) is 2.86. The van der Waals surface area contributed by atoms with E-state index >= 15 is 0 Å². The zero-order chi connectivity index (χ0) is 14.1. The second-order valence-corrected chi connectivity index (χ2v) is 4.46. The topological polar surface area (TPSA) is 46.2 Å². The van der Waals surface area contributed by atoms with E-state index in [1.807, 2.05) is 0 Å². The van der Waals surface area contributed by atoms with Gasteiger partial charge in [-0.3, -0.25) is 9.59 Å². The average molecular weight is 265 g/mol. The van der Waals surface area contributed by atoms with E-state index in [1.165, 1.54) is 18.2 Å². The molecule has 0 spiro atoms. The van der Waals surface area contributed by atoms with Crippen molar-refractivity contribution >= 4 is 11.7 Å². The van der Waals surface area contributed by atoms with Gasteiger partial charge in [0.05, 0.1) is 5.56 Å². The van der Waals surface area contributed by atoms with Crippen LogP contribution >= 0.6 is 0 Å². The smallest absolute Gasteiger partial charge is 0.220 e. The van der Waals surface area contributed by atoms with Crippen LogP contribution < -0.4 is 5.32 Å². The minimum atomic E-state index is -0.532. The molecule has 1 amide bonds. The van der Waals surface area contributed by atoms with Crippen molar-refractivity contribution in [1.82, 2.24) is 5.32 Å². The number of hydrogen-bond acceptors (Lipinski definition) is 2. The first kappa shape index (κ1) is 15.3. The van der Waals surface area contributed by atoms with Crippen LogP contribution in [0, 0.1) is 5.82 Å². The van der Waals surface area contributed by atoms with Gasteiger partial charge in [-0.25, -0.2) is 4.39 Å². The van der Waals surface area contributed by atoms with Crippen molar-refractivity contribution in [3.05, 3.63) is 35.6 Å². The summed E-state index contributed by atoms with van der Waals surface area (Å²) in [5.41, 5.74) is 0.0567. The van der Waals surface area contributed by atoms with E-state index in [-0.39, 0.29) is 30.1 Å². The molecule has 0 saturated carbocycles. The SMILES string of the molecule is CCCCCNC(=O)CCC(=O)c1ccccc1F. The number of carbonyl (C=O) groups is 2. The van der Waals surface area contributed by atoms with Gasteiger partial charge in [0.2, 0.25) is 5.91 Å². The highest BCUT2D eigenvalue weighted by atomic mass is 19.1. The van der Waals surface area contributed by atoms with E-state index in [0.717, 1.165) is 19.3 Å². The van der Waals surface area contributed by atoms with Crippen molar-refractivity contribution < 1.29 is 14.0 Å². The number of rotatable bonds is 8. The summed E-state index contributed by atoms with van der Waals surface area (Å²) in [6.45, 7) is 2.73. The first-order valence-corrected chi connectivity index (χ1v) is 6.69. The van der Waals surface area contributed by atoms with Crippen molar-refractivity contribution in [1.29, 1.82) is 0 Å². The van der Waals surface area contributed by atoms with E-state index in [1.54, 1.807) is 6.07 Å².